The quantitative estimate of drug-likeness (QED) is 0.536. The van der Waals surface area contributed by atoms with Gasteiger partial charge in [-0.3, -0.25) is 9.09 Å². The molecule has 0 aliphatic carbocycles. The average Bonchev–Trinajstić information content (AvgIpc) is 2.12. The number of aromatic nitrogens is 1. The van der Waals surface area contributed by atoms with Gasteiger partial charge in [0.2, 0.25) is 0 Å². The van der Waals surface area contributed by atoms with Gasteiger partial charge in [0, 0.05) is 11.8 Å². The molecule has 0 aromatic carbocycles. The van der Waals surface area contributed by atoms with Crippen molar-refractivity contribution in [3.63, 3.8) is 0 Å². The zero-order chi connectivity index (χ0) is 12.4. The standard InChI is InChI=1S/C6H9NO7P2/c8-15(9,10)6-5(2-1-3-7-6)4-14-16(11,12)13/h1-3H,4H2,(H2,8,9,10)(H2,11,12,13). The second-order valence-corrected chi connectivity index (χ2v) is 5.55. The Morgan fingerprint density at radius 2 is 1.88 bits per heavy atom. The molecule has 0 radical (unpaired) electrons. The van der Waals surface area contributed by atoms with E-state index < -0.39 is 27.5 Å². The highest BCUT2D eigenvalue weighted by molar-refractivity contribution is 7.60. The summed E-state index contributed by atoms with van der Waals surface area (Å²) in [6.07, 6.45) is 1.16. The Morgan fingerprint density at radius 3 is 2.38 bits per heavy atom. The fourth-order valence-electron chi connectivity index (χ4n) is 0.959. The van der Waals surface area contributed by atoms with E-state index in [1.165, 1.54) is 12.1 Å². The summed E-state index contributed by atoms with van der Waals surface area (Å²) in [5, 5.41) is 0. The smallest absolute Gasteiger partial charge is 0.320 e. The van der Waals surface area contributed by atoms with E-state index in [4.69, 9.17) is 19.6 Å². The van der Waals surface area contributed by atoms with Gasteiger partial charge >= 0.3 is 15.4 Å². The van der Waals surface area contributed by atoms with Gasteiger partial charge in [-0.15, -0.1) is 0 Å². The van der Waals surface area contributed by atoms with Crippen molar-refractivity contribution in [3.05, 3.63) is 23.9 Å². The monoisotopic (exact) mass is 269 g/mol. The molecule has 16 heavy (non-hydrogen) atoms. The predicted octanol–water partition coefficient (Wildman–Crippen LogP) is -0.506. The third-order valence-corrected chi connectivity index (χ3v) is 2.95. The van der Waals surface area contributed by atoms with Crippen molar-refractivity contribution in [2.75, 3.05) is 0 Å². The zero-order valence-electron chi connectivity index (χ0n) is 7.79. The number of phosphoric ester groups is 1. The first kappa shape index (κ1) is 13.5. The minimum atomic E-state index is -4.68. The van der Waals surface area contributed by atoms with Crippen molar-refractivity contribution in [1.29, 1.82) is 0 Å². The maximum atomic E-state index is 11.0. The molecule has 0 aliphatic heterocycles. The highest BCUT2D eigenvalue weighted by atomic mass is 31.2. The molecule has 0 spiro atoms. The molecule has 0 amide bonds. The molecule has 0 aliphatic rings. The van der Waals surface area contributed by atoms with E-state index in [1.807, 2.05) is 0 Å². The Bertz CT molecular complexity index is 464. The zero-order valence-corrected chi connectivity index (χ0v) is 9.58. The SMILES string of the molecule is O=P(O)(O)OCc1cccnc1P(=O)(O)O. The van der Waals surface area contributed by atoms with Crippen LogP contribution in [0, 0.1) is 0 Å². The van der Waals surface area contributed by atoms with Crippen molar-refractivity contribution < 1.29 is 33.2 Å². The van der Waals surface area contributed by atoms with Gasteiger partial charge in [0.05, 0.1) is 6.61 Å². The van der Waals surface area contributed by atoms with Gasteiger partial charge in [-0.1, -0.05) is 6.07 Å². The summed E-state index contributed by atoms with van der Waals surface area (Å²) in [5.74, 6) is 0. The fourth-order valence-corrected chi connectivity index (χ4v) is 2.00. The number of pyridine rings is 1. The van der Waals surface area contributed by atoms with E-state index >= 15 is 0 Å². The summed E-state index contributed by atoms with van der Waals surface area (Å²) in [6, 6.07) is 2.63. The van der Waals surface area contributed by atoms with Gasteiger partial charge in [0.25, 0.3) is 0 Å². The molecule has 0 unspecified atom stereocenters. The maximum Gasteiger partial charge on any atom is 0.469 e. The second-order valence-electron chi connectivity index (χ2n) is 2.79. The third-order valence-electron chi connectivity index (χ3n) is 1.53. The lowest BCUT2D eigenvalue weighted by Gasteiger charge is -2.10. The number of hydrogen-bond acceptors (Lipinski definition) is 4. The number of phosphoric acid groups is 1. The van der Waals surface area contributed by atoms with Crippen LogP contribution in [0.3, 0.4) is 0 Å². The van der Waals surface area contributed by atoms with Crippen molar-refractivity contribution in [2.45, 2.75) is 6.61 Å². The molecule has 1 aromatic heterocycles. The number of rotatable bonds is 4. The van der Waals surface area contributed by atoms with Crippen LogP contribution < -0.4 is 5.44 Å². The van der Waals surface area contributed by atoms with Crippen LogP contribution in [0.5, 0.6) is 0 Å². The van der Waals surface area contributed by atoms with Crippen molar-refractivity contribution >= 4 is 20.9 Å². The fraction of sp³-hybridized carbons (Fsp3) is 0.167. The van der Waals surface area contributed by atoms with Crippen LogP contribution in [0.25, 0.3) is 0 Å². The van der Waals surface area contributed by atoms with Crippen LogP contribution in [0.4, 0.5) is 0 Å². The number of nitrogens with zero attached hydrogens (tertiary/aromatic N) is 1. The third kappa shape index (κ3) is 4.11. The molecule has 0 fully saturated rings. The molecule has 1 rings (SSSR count). The first-order valence-corrected chi connectivity index (χ1v) is 7.04. The molecule has 90 valence electrons. The minimum absolute atomic E-state index is 0.0702. The van der Waals surface area contributed by atoms with E-state index in [1.54, 1.807) is 0 Å². The molecule has 0 saturated carbocycles. The summed E-state index contributed by atoms with van der Waals surface area (Å²) in [6.45, 7) is -0.626. The van der Waals surface area contributed by atoms with Crippen LogP contribution in [0.2, 0.25) is 0 Å². The molecule has 10 heteroatoms. The van der Waals surface area contributed by atoms with Crippen LogP contribution >= 0.6 is 15.4 Å². The molecule has 0 atom stereocenters. The predicted molar refractivity (Wildman–Crippen MR) is 52.7 cm³/mol. The van der Waals surface area contributed by atoms with Crippen molar-refractivity contribution in [2.24, 2.45) is 0 Å². The Morgan fingerprint density at radius 1 is 1.25 bits per heavy atom. The van der Waals surface area contributed by atoms with Crippen molar-refractivity contribution in [3.8, 4) is 0 Å². The molecular weight excluding hydrogens is 260 g/mol. The van der Waals surface area contributed by atoms with E-state index in [2.05, 4.69) is 9.51 Å². The van der Waals surface area contributed by atoms with Crippen molar-refractivity contribution in [1.82, 2.24) is 4.98 Å². The Balaban J connectivity index is 2.97. The molecular formula is C6H9NO7P2. The highest BCUT2D eigenvalue weighted by Gasteiger charge is 2.24. The van der Waals surface area contributed by atoms with Crippen LogP contribution in [0.15, 0.2) is 18.3 Å². The lowest BCUT2D eigenvalue weighted by molar-refractivity contribution is 0.189. The highest BCUT2D eigenvalue weighted by Crippen LogP contribution is 2.38. The lowest BCUT2D eigenvalue weighted by atomic mass is 10.3. The maximum absolute atomic E-state index is 11.0. The van der Waals surface area contributed by atoms with E-state index in [0.717, 1.165) is 6.20 Å². The summed E-state index contributed by atoms with van der Waals surface area (Å²) in [5.41, 5.74) is -0.623. The van der Waals surface area contributed by atoms with Gasteiger partial charge in [0.1, 0.15) is 0 Å². The molecule has 1 heterocycles. The van der Waals surface area contributed by atoms with Gasteiger partial charge < -0.3 is 19.6 Å². The summed E-state index contributed by atoms with van der Waals surface area (Å²) < 4.78 is 25.5. The van der Waals surface area contributed by atoms with Gasteiger partial charge in [-0.25, -0.2) is 9.55 Å². The molecule has 8 nitrogen and oxygen atoms in total. The summed E-state index contributed by atoms with van der Waals surface area (Å²) in [7, 11) is -9.27. The van der Waals surface area contributed by atoms with Gasteiger partial charge in [-0.05, 0) is 6.07 Å². The first-order valence-electron chi connectivity index (χ1n) is 3.90. The second kappa shape index (κ2) is 4.73. The van der Waals surface area contributed by atoms with Crippen LogP contribution in [-0.2, 0) is 20.3 Å². The normalized spacial score (nSPS) is 12.8. The molecule has 4 N–H and O–H groups in total. The summed E-state index contributed by atoms with van der Waals surface area (Å²) >= 11 is 0. The largest absolute Gasteiger partial charge is 0.469 e. The molecule has 1 aromatic rings. The van der Waals surface area contributed by atoms with E-state index in [0.29, 0.717) is 0 Å². The molecule has 0 saturated heterocycles. The van der Waals surface area contributed by atoms with Gasteiger partial charge in [0.15, 0.2) is 5.44 Å². The number of hydrogen-bond donors (Lipinski definition) is 4. The van der Waals surface area contributed by atoms with E-state index in [9.17, 15) is 9.13 Å². The summed E-state index contributed by atoms with van der Waals surface area (Å²) in [4.78, 5) is 38.1. The topological polar surface area (TPSA) is 137 Å². The molecule has 0 bridgehead atoms. The Hall–Kier alpha value is -0.590. The Kier molecular flexibility index (Phi) is 3.98. The first-order chi connectivity index (χ1) is 7.20. The average molecular weight is 269 g/mol. The van der Waals surface area contributed by atoms with E-state index in [-0.39, 0.29) is 5.56 Å². The van der Waals surface area contributed by atoms with Gasteiger partial charge in [-0.2, -0.15) is 0 Å². The lowest BCUT2D eigenvalue weighted by Crippen LogP contribution is -2.15. The Labute approximate surface area is 90.3 Å². The minimum Gasteiger partial charge on any atom is -0.320 e. The van der Waals surface area contributed by atoms with Crippen LogP contribution in [0.1, 0.15) is 5.56 Å². The van der Waals surface area contributed by atoms with Crippen LogP contribution in [-0.4, -0.2) is 24.6 Å².